The molecule has 0 unspecified atom stereocenters. The van der Waals surface area contributed by atoms with Crippen molar-refractivity contribution >= 4 is 22.3 Å². The lowest BCUT2D eigenvalue weighted by atomic mass is 10.1. The van der Waals surface area contributed by atoms with Crippen LogP contribution >= 0.6 is 11.3 Å². The highest BCUT2D eigenvalue weighted by Crippen LogP contribution is 2.25. The Balaban J connectivity index is 1.57. The first kappa shape index (κ1) is 16.6. The van der Waals surface area contributed by atoms with Crippen LogP contribution in [0.5, 0.6) is 0 Å². The number of hydrogen-bond donors (Lipinski definition) is 1. The van der Waals surface area contributed by atoms with E-state index in [1.54, 1.807) is 17.5 Å². The molecule has 24 heavy (non-hydrogen) atoms. The molecule has 3 aromatic rings. The Labute approximate surface area is 147 Å². The number of unbranched alkanes of at least 4 members (excludes halogenated alkanes) is 3. The number of aryl methyl sites for hydroxylation is 1. The number of nitrogens with zero attached hydrogens (tertiary/aromatic N) is 3. The van der Waals surface area contributed by atoms with Gasteiger partial charge in [0.05, 0.1) is 5.69 Å². The van der Waals surface area contributed by atoms with E-state index in [-0.39, 0.29) is 0 Å². The van der Waals surface area contributed by atoms with Crippen molar-refractivity contribution in [3.05, 3.63) is 53.7 Å². The van der Waals surface area contributed by atoms with E-state index in [1.165, 1.54) is 31.2 Å². The minimum Gasteiger partial charge on any atom is -0.316 e. The zero-order valence-corrected chi connectivity index (χ0v) is 14.7. The van der Waals surface area contributed by atoms with Crippen molar-refractivity contribution in [2.24, 2.45) is 0 Å². The lowest BCUT2D eigenvalue weighted by Gasteiger charge is -2.04. The van der Waals surface area contributed by atoms with Gasteiger partial charge in [0.25, 0.3) is 0 Å². The molecule has 0 aliphatic carbocycles. The molecule has 0 aliphatic heterocycles. The van der Waals surface area contributed by atoms with Gasteiger partial charge in [0, 0.05) is 17.8 Å². The molecule has 0 radical (unpaired) electrons. The van der Waals surface area contributed by atoms with Crippen LogP contribution in [0.25, 0.3) is 11.4 Å². The lowest BCUT2D eigenvalue weighted by molar-refractivity contribution is 0.666. The number of thiazole rings is 1. The second kappa shape index (κ2) is 8.55. The van der Waals surface area contributed by atoms with Gasteiger partial charge in [0.1, 0.15) is 11.5 Å². The first-order valence-corrected chi connectivity index (χ1v) is 9.32. The third-order valence-electron chi connectivity index (χ3n) is 3.81. The van der Waals surface area contributed by atoms with E-state index in [0.29, 0.717) is 0 Å². The number of nitrogens with one attached hydrogen (secondary N) is 1. The Morgan fingerprint density at radius 3 is 2.71 bits per heavy atom. The van der Waals surface area contributed by atoms with E-state index in [4.69, 9.17) is 0 Å². The van der Waals surface area contributed by atoms with Gasteiger partial charge in [-0.3, -0.25) is 4.98 Å². The van der Waals surface area contributed by atoms with Crippen LogP contribution in [0, 0.1) is 0 Å². The number of aromatic nitrogens is 3. The lowest BCUT2D eigenvalue weighted by Crippen LogP contribution is -1.94. The molecule has 124 valence electrons. The van der Waals surface area contributed by atoms with Crippen LogP contribution in [-0.4, -0.2) is 15.0 Å². The summed E-state index contributed by atoms with van der Waals surface area (Å²) in [5, 5.41) is 6.11. The minimum absolute atomic E-state index is 0.828. The molecule has 0 spiro atoms. The zero-order valence-electron chi connectivity index (χ0n) is 13.9. The molecule has 0 amide bonds. The molecular weight excluding hydrogens is 316 g/mol. The van der Waals surface area contributed by atoms with Crippen molar-refractivity contribution in [3.8, 4) is 11.4 Å². The Morgan fingerprint density at radius 2 is 1.96 bits per heavy atom. The second-order valence-corrected chi connectivity index (χ2v) is 6.60. The Bertz CT molecular complexity index is 738. The highest BCUT2D eigenvalue weighted by molar-refractivity contribution is 7.14. The molecule has 0 aromatic carbocycles. The summed E-state index contributed by atoms with van der Waals surface area (Å²) in [6.07, 6.45) is 9.97. The first-order chi connectivity index (χ1) is 11.8. The average Bonchev–Trinajstić information content (AvgIpc) is 3.09. The fourth-order valence-corrected chi connectivity index (χ4v) is 3.19. The summed E-state index contributed by atoms with van der Waals surface area (Å²) in [5.41, 5.74) is 3.07. The van der Waals surface area contributed by atoms with E-state index < -0.39 is 0 Å². The van der Waals surface area contributed by atoms with Crippen molar-refractivity contribution in [1.82, 2.24) is 15.0 Å². The summed E-state index contributed by atoms with van der Waals surface area (Å²) in [4.78, 5) is 13.4. The number of rotatable bonds is 8. The molecule has 0 bridgehead atoms. The fourth-order valence-electron chi connectivity index (χ4n) is 2.47. The monoisotopic (exact) mass is 338 g/mol. The Hall–Kier alpha value is -2.27. The summed E-state index contributed by atoms with van der Waals surface area (Å²) in [5.74, 6) is 0.828. The van der Waals surface area contributed by atoms with E-state index in [9.17, 15) is 0 Å². The van der Waals surface area contributed by atoms with Crippen molar-refractivity contribution in [3.63, 3.8) is 0 Å². The average molecular weight is 338 g/mol. The normalized spacial score (nSPS) is 10.7. The van der Waals surface area contributed by atoms with E-state index >= 15 is 0 Å². The van der Waals surface area contributed by atoms with Crippen molar-refractivity contribution in [1.29, 1.82) is 0 Å². The fraction of sp³-hybridized carbons (Fsp3) is 0.316. The Morgan fingerprint density at radius 1 is 1.00 bits per heavy atom. The van der Waals surface area contributed by atoms with Gasteiger partial charge in [-0.05, 0) is 36.6 Å². The van der Waals surface area contributed by atoms with Crippen LogP contribution in [0.2, 0.25) is 0 Å². The van der Waals surface area contributed by atoms with Crippen molar-refractivity contribution in [2.45, 2.75) is 39.0 Å². The van der Waals surface area contributed by atoms with Crippen LogP contribution in [-0.2, 0) is 6.42 Å². The van der Waals surface area contributed by atoms with Crippen LogP contribution < -0.4 is 5.32 Å². The van der Waals surface area contributed by atoms with Crippen LogP contribution in [0.3, 0.4) is 0 Å². The molecule has 0 saturated heterocycles. The molecule has 3 rings (SSSR count). The van der Waals surface area contributed by atoms with Gasteiger partial charge in [0.2, 0.25) is 0 Å². The first-order valence-electron chi connectivity index (χ1n) is 8.44. The molecule has 0 atom stereocenters. The summed E-state index contributed by atoms with van der Waals surface area (Å²) in [6, 6.07) is 10.0. The van der Waals surface area contributed by atoms with Crippen LogP contribution in [0.1, 0.15) is 38.2 Å². The quantitative estimate of drug-likeness (QED) is 0.554. The second-order valence-electron chi connectivity index (χ2n) is 5.74. The third kappa shape index (κ3) is 4.61. The summed E-state index contributed by atoms with van der Waals surface area (Å²) in [7, 11) is 0. The largest absolute Gasteiger partial charge is 0.316 e. The molecule has 4 nitrogen and oxygen atoms in total. The molecule has 3 heterocycles. The van der Waals surface area contributed by atoms with Crippen molar-refractivity contribution < 1.29 is 0 Å². The van der Waals surface area contributed by atoms with E-state index in [1.807, 2.05) is 35.8 Å². The zero-order chi connectivity index (χ0) is 16.6. The maximum atomic E-state index is 4.57. The van der Waals surface area contributed by atoms with E-state index in [0.717, 1.165) is 28.8 Å². The van der Waals surface area contributed by atoms with Gasteiger partial charge in [-0.2, -0.15) is 0 Å². The van der Waals surface area contributed by atoms with Gasteiger partial charge in [0.15, 0.2) is 5.13 Å². The van der Waals surface area contributed by atoms with Gasteiger partial charge in [-0.25, -0.2) is 9.97 Å². The smallest absolute Gasteiger partial charge is 0.188 e. The minimum atomic E-state index is 0.828. The predicted molar refractivity (Wildman–Crippen MR) is 101 cm³/mol. The maximum absolute atomic E-state index is 4.57. The highest BCUT2D eigenvalue weighted by Gasteiger charge is 2.06. The van der Waals surface area contributed by atoms with Crippen LogP contribution in [0.15, 0.2) is 48.1 Å². The molecule has 3 aromatic heterocycles. The molecular formula is C19H22N4S. The third-order valence-corrected chi connectivity index (χ3v) is 4.57. The summed E-state index contributed by atoms with van der Waals surface area (Å²) < 4.78 is 0. The predicted octanol–water partition coefficient (Wildman–Crippen LogP) is 5.47. The standard InChI is InChI=1S/C19H22N4S/c1-2-3-4-5-8-15-10-11-18(21-13-15)23-19-22-17(14-24-19)16-9-6-7-12-20-16/h6-7,9-14H,2-5,8H2,1H3,(H,21,22,23). The summed E-state index contributed by atoms with van der Waals surface area (Å²) in [6.45, 7) is 2.24. The van der Waals surface area contributed by atoms with Gasteiger partial charge >= 0.3 is 0 Å². The van der Waals surface area contributed by atoms with Crippen LogP contribution in [0.4, 0.5) is 10.9 Å². The number of anilines is 2. The topological polar surface area (TPSA) is 50.7 Å². The van der Waals surface area contributed by atoms with Gasteiger partial charge in [-0.1, -0.05) is 38.3 Å². The molecule has 0 aliphatic rings. The molecule has 0 saturated carbocycles. The number of pyridine rings is 2. The molecule has 5 heteroatoms. The van der Waals surface area contributed by atoms with E-state index in [2.05, 4.69) is 33.3 Å². The van der Waals surface area contributed by atoms with Gasteiger partial charge < -0.3 is 5.32 Å². The SMILES string of the molecule is CCCCCCc1ccc(Nc2nc(-c3ccccn3)cs2)nc1. The molecule has 1 N–H and O–H groups in total. The summed E-state index contributed by atoms with van der Waals surface area (Å²) >= 11 is 1.56. The number of hydrogen-bond acceptors (Lipinski definition) is 5. The molecule has 0 fully saturated rings. The van der Waals surface area contributed by atoms with Crippen molar-refractivity contribution in [2.75, 3.05) is 5.32 Å². The van der Waals surface area contributed by atoms with Gasteiger partial charge in [-0.15, -0.1) is 11.3 Å². The highest BCUT2D eigenvalue weighted by atomic mass is 32.1. The Kier molecular flexibility index (Phi) is 5.90. The maximum Gasteiger partial charge on any atom is 0.188 e.